The molecule has 3 aromatic rings. The van der Waals surface area contributed by atoms with Crippen LogP contribution in [0.5, 0.6) is 17.2 Å². The summed E-state index contributed by atoms with van der Waals surface area (Å²) in [6, 6.07) is 13.1. The first kappa shape index (κ1) is 16.7. The molecule has 0 N–H and O–H groups in total. The molecular weight excluding hydrogens is 322 g/mol. The fourth-order valence-corrected chi connectivity index (χ4v) is 2.93. The summed E-state index contributed by atoms with van der Waals surface area (Å²) < 4.78 is 23.2. The smallest absolute Gasteiger partial charge is 0.355 e. The fourth-order valence-electron chi connectivity index (χ4n) is 2.93. The van der Waals surface area contributed by atoms with Gasteiger partial charge in [0.25, 0.3) is 0 Å². The van der Waals surface area contributed by atoms with Gasteiger partial charge in [0, 0.05) is 11.1 Å². The Balaban J connectivity index is 2.47. The van der Waals surface area contributed by atoms with Crippen molar-refractivity contribution in [1.82, 2.24) is 4.57 Å². The number of hydrogen-bond donors (Lipinski definition) is 0. The molecule has 6 nitrogen and oxygen atoms in total. The molecule has 0 fully saturated rings. The van der Waals surface area contributed by atoms with Crippen molar-refractivity contribution in [1.29, 1.82) is 0 Å². The molecule has 0 bridgehead atoms. The number of carbonyl (C=O) groups is 1. The van der Waals surface area contributed by atoms with E-state index < -0.39 is 5.97 Å². The summed E-state index contributed by atoms with van der Waals surface area (Å²) in [6.07, 6.45) is 0. The second kappa shape index (κ2) is 6.76. The van der Waals surface area contributed by atoms with Gasteiger partial charge in [0.15, 0.2) is 11.5 Å². The third-order valence-electron chi connectivity index (χ3n) is 4.00. The third kappa shape index (κ3) is 2.65. The first-order chi connectivity index (χ1) is 12.2. The van der Waals surface area contributed by atoms with Gasteiger partial charge in [-0.05, 0) is 24.3 Å². The maximum absolute atomic E-state index is 12.3. The van der Waals surface area contributed by atoms with Gasteiger partial charge in [0.05, 0.1) is 28.4 Å². The summed E-state index contributed by atoms with van der Waals surface area (Å²) in [7, 11) is 6.01. The van der Waals surface area contributed by atoms with Crippen LogP contribution in [-0.4, -0.2) is 39.0 Å². The molecule has 3 rings (SSSR count). The van der Waals surface area contributed by atoms with Gasteiger partial charge in [0.1, 0.15) is 11.2 Å². The molecule has 0 aliphatic heterocycles. The highest BCUT2D eigenvalue weighted by atomic mass is 16.5. The standard InChI is InChI=1S/C19H19NO5/c1-22-15-11-12-10-14(19(21)25-4)20(13-8-6-5-7-9-13)16(12)18(24-3)17(15)23-2/h5-11H,1-4H3. The van der Waals surface area contributed by atoms with Crippen LogP contribution in [0.15, 0.2) is 42.5 Å². The molecule has 0 spiro atoms. The minimum absolute atomic E-state index is 0.386. The van der Waals surface area contributed by atoms with Crippen LogP contribution in [-0.2, 0) is 4.74 Å². The quantitative estimate of drug-likeness (QED) is 0.665. The van der Waals surface area contributed by atoms with E-state index in [0.717, 1.165) is 11.1 Å². The summed E-state index contributed by atoms with van der Waals surface area (Å²) in [5.41, 5.74) is 1.90. The van der Waals surface area contributed by atoms with E-state index >= 15 is 0 Å². The van der Waals surface area contributed by atoms with Gasteiger partial charge < -0.3 is 18.9 Å². The highest BCUT2D eigenvalue weighted by Crippen LogP contribution is 2.45. The molecular formula is C19H19NO5. The number of aromatic nitrogens is 1. The molecule has 0 atom stereocenters. The van der Waals surface area contributed by atoms with Crippen LogP contribution < -0.4 is 14.2 Å². The van der Waals surface area contributed by atoms with E-state index in [2.05, 4.69) is 0 Å². The number of methoxy groups -OCH3 is 4. The lowest BCUT2D eigenvalue weighted by Gasteiger charge is -2.16. The Morgan fingerprint density at radius 3 is 2.12 bits per heavy atom. The molecule has 130 valence electrons. The number of para-hydroxylation sites is 1. The van der Waals surface area contributed by atoms with Crippen LogP contribution in [0.25, 0.3) is 16.6 Å². The van der Waals surface area contributed by atoms with Crippen LogP contribution in [0.4, 0.5) is 0 Å². The second-order valence-electron chi connectivity index (χ2n) is 5.28. The Morgan fingerprint density at radius 1 is 0.880 bits per heavy atom. The highest BCUT2D eigenvalue weighted by Gasteiger charge is 2.25. The van der Waals surface area contributed by atoms with Crippen molar-refractivity contribution in [3.63, 3.8) is 0 Å². The molecule has 0 aliphatic carbocycles. The third-order valence-corrected chi connectivity index (χ3v) is 4.00. The van der Waals surface area contributed by atoms with Gasteiger partial charge in [-0.3, -0.25) is 4.57 Å². The lowest BCUT2D eigenvalue weighted by Crippen LogP contribution is -2.09. The Morgan fingerprint density at radius 2 is 1.56 bits per heavy atom. The van der Waals surface area contributed by atoms with E-state index in [0.29, 0.717) is 28.5 Å². The predicted molar refractivity (Wildman–Crippen MR) is 94.3 cm³/mol. The zero-order chi connectivity index (χ0) is 18.0. The maximum Gasteiger partial charge on any atom is 0.355 e. The van der Waals surface area contributed by atoms with Gasteiger partial charge in [0.2, 0.25) is 5.75 Å². The lowest BCUT2D eigenvalue weighted by atomic mass is 10.2. The number of benzene rings is 2. The lowest BCUT2D eigenvalue weighted by molar-refractivity contribution is 0.0592. The Hall–Kier alpha value is -3.15. The van der Waals surface area contributed by atoms with Crippen molar-refractivity contribution in [3.05, 3.63) is 48.2 Å². The molecule has 0 unspecified atom stereocenters. The maximum atomic E-state index is 12.3. The molecule has 0 saturated heterocycles. The number of carbonyl (C=O) groups excluding carboxylic acids is 1. The SMILES string of the molecule is COC(=O)c1cc2cc(OC)c(OC)c(OC)c2n1-c1ccccc1. The van der Waals surface area contributed by atoms with Crippen molar-refractivity contribution in [3.8, 4) is 22.9 Å². The van der Waals surface area contributed by atoms with Gasteiger partial charge >= 0.3 is 5.97 Å². The van der Waals surface area contributed by atoms with Crippen LogP contribution >= 0.6 is 0 Å². The van der Waals surface area contributed by atoms with E-state index in [-0.39, 0.29) is 0 Å². The number of hydrogen-bond acceptors (Lipinski definition) is 5. The van der Waals surface area contributed by atoms with Crippen LogP contribution in [0, 0.1) is 0 Å². The second-order valence-corrected chi connectivity index (χ2v) is 5.28. The zero-order valence-electron chi connectivity index (χ0n) is 14.5. The molecule has 0 amide bonds. The van der Waals surface area contributed by atoms with Gasteiger partial charge in [-0.1, -0.05) is 18.2 Å². The van der Waals surface area contributed by atoms with Crippen molar-refractivity contribution in [2.75, 3.05) is 28.4 Å². The molecule has 0 saturated carbocycles. The number of ether oxygens (including phenoxy) is 4. The summed E-state index contributed by atoms with van der Waals surface area (Å²) in [6.45, 7) is 0. The highest BCUT2D eigenvalue weighted by molar-refractivity contribution is 6.01. The number of esters is 1. The largest absolute Gasteiger partial charge is 0.493 e. The molecule has 1 heterocycles. The van der Waals surface area contributed by atoms with Crippen LogP contribution in [0.3, 0.4) is 0 Å². The number of rotatable bonds is 5. The Bertz CT molecular complexity index is 915. The van der Waals surface area contributed by atoms with E-state index in [1.807, 2.05) is 36.4 Å². The van der Waals surface area contributed by atoms with Crippen molar-refractivity contribution >= 4 is 16.9 Å². The first-order valence-corrected chi connectivity index (χ1v) is 7.64. The first-order valence-electron chi connectivity index (χ1n) is 7.64. The zero-order valence-corrected chi connectivity index (χ0v) is 14.5. The summed E-state index contributed by atoms with van der Waals surface area (Å²) in [4.78, 5) is 12.3. The van der Waals surface area contributed by atoms with Crippen LogP contribution in [0.2, 0.25) is 0 Å². The molecule has 6 heteroatoms. The minimum atomic E-state index is -0.444. The van der Waals surface area contributed by atoms with E-state index in [4.69, 9.17) is 18.9 Å². The van der Waals surface area contributed by atoms with E-state index in [1.54, 1.807) is 32.0 Å². The predicted octanol–water partition coefficient (Wildman–Crippen LogP) is 3.44. The van der Waals surface area contributed by atoms with Gasteiger partial charge in [-0.15, -0.1) is 0 Å². The molecule has 0 aliphatic rings. The minimum Gasteiger partial charge on any atom is -0.493 e. The normalized spacial score (nSPS) is 10.6. The molecule has 25 heavy (non-hydrogen) atoms. The topological polar surface area (TPSA) is 58.9 Å². The average Bonchev–Trinajstić information content (AvgIpc) is 3.05. The molecule has 2 aromatic carbocycles. The summed E-state index contributed by atoms with van der Waals surface area (Å²) >= 11 is 0. The Labute approximate surface area is 145 Å². The van der Waals surface area contributed by atoms with Crippen molar-refractivity contribution in [2.24, 2.45) is 0 Å². The van der Waals surface area contributed by atoms with Gasteiger partial charge in [-0.2, -0.15) is 0 Å². The van der Waals surface area contributed by atoms with Crippen molar-refractivity contribution in [2.45, 2.75) is 0 Å². The van der Waals surface area contributed by atoms with Gasteiger partial charge in [-0.25, -0.2) is 4.79 Å². The molecule has 1 aromatic heterocycles. The molecule has 0 radical (unpaired) electrons. The number of fused-ring (bicyclic) bond motifs is 1. The monoisotopic (exact) mass is 341 g/mol. The fraction of sp³-hybridized carbons (Fsp3) is 0.211. The number of nitrogens with zero attached hydrogens (tertiary/aromatic N) is 1. The van der Waals surface area contributed by atoms with E-state index in [9.17, 15) is 4.79 Å². The van der Waals surface area contributed by atoms with Crippen molar-refractivity contribution < 1.29 is 23.7 Å². The van der Waals surface area contributed by atoms with E-state index in [1.165, 1.54) is 7.11 Å². The summed E-state index contributed by atoms with van der Waals surface area (Å²) in [5, 5.41) is 0.777. The average molecular weight is 341 g/mol. The Kier molecular flexibility index (Phi) is 4.52. The summed E-state index contributed by atoms with van der Waals surface area (Å²) in [5.74, 6) is 1.02. The van der Waals surface area contributed by atoms with Crippen LogP contribution in [0.1, 0.15) is 10.5 Å².